The van der Waals surface area contributed by atoms with Crippen LogP contribution in [0.25, 0.3) is 0 Å². The maximum absolute atomic E-state index is 12.5. The standard InChI is InChI=1S/C18H25N3O4/c1-3-14(23)9-10-15(17(19)24)21-18(25)16(20-12(2)22)11-13-7-5-4-6-8-13/h4-8,15-16H,3,9-11H2,1-2H3,(H2,19,24)(H,20,22)(H,21,25)/t15-,16+/m0/s1. The zero-order valence-corrected chi connectivity index (χ0v) is 14.6. The number of hydrogen-bond acceptors (Lipinski definition) is 4. The van der Waals surface area contributed by atoms with E-state index in [1.807, 2.05) is 30.3 Å². The lowest BCUT2D eigenvalue weighted by molar-refractivity contribution is -0.131. The van der Waals surface area contributed by atoms with Gasteiger partial charge in [-0.2, -0.15) is 0 Å². The van der Waals surface area contributed by atoms with Gasteiger partial charge < -0.3 is 16.4 Å². The summed E-state index contributed by atoms with van der Waals surface area (Å²) in [6.07, 6.45) is 0.952. The Balaban J connectivity index is 2.78. The van der Waals surface area contributed by atoms with E-state index in [1.54, 1.807) is 6.92 Å². The van der Waals surface area contributed by atoms with Gasteiger partial charge in [0.05, 0.1) is 0 Å². The van der Waals surface area contributed by atoms with E-state index in [1.165, 1.54) is 6.92 Å². The summed E-state index contributed by atoms with van der Waals surface area (Å²) in [4.78, 5) is 46.9. The van der Waals surface area contributed by atoms with Crippen LogP contribution in [0.15, 0.2) is 30.3 Å². The molecule has 0 aromatic heterocycles. The molecule has 0 aliphatic heterocycles. The molecule has 0 saturated heterocycles. The first kappa shape index (κ1) is 20.3. The predicted molar refractivity (Wildman–Crippen MR) is 93.4 cm³/mol. The molecule has 0 fully saturated rings. The Bertz CT molecular complexity index is 616. The van der Waals surface area contributed by atoms with Gasteiger partial charge in [0.25, 0.3) is 0 Å². The summed E-state index contributed by atoms with van der Waals surface area (Å²) in [7, 11) is 0. The molecule has 1 aromatic carbocycles. The molecule has 25 heavy (non-hydrogen) atoms. The average molecular weight is 347 g/mol. The summed E-state index contributed by atoms with van der Waals surface area (Å²) in [6.45, 7) is 3.05. The van der Waals surface area contributed by atoms with Crippen molar-refractivity contribution < 1.29 is 19.2 Å². The van der Waals surface area contributed by atoms with Crippen LogP contribution in [0, 0.1) is 0 Å². The SMILES string of the molecule is CCC(=O)CC[C@H](NC(=O)[C@@H](Cc1ccccc1)NC(C)=O)C(N)=O. The third-order valence-corrected chi connectivity index (χ3v) is 3.74. The molecule has 3 amide bonds. The second kappa shape index (κ2) is 10.2. The van der Waals surface area contributed by atoms with Gasteiger partial charge in [-0.3, -0.25) is 19.2 Å². The Morgan fingerprint density at radius 3 is 2.20 bits per heavy atom. The van der Waals surface area contributed by atoms with Crippen molar-refractivity contribution in [3.8, 4) is 0 Å². The van der Waals surface area contributed by atoms with Gasteiger partial charge in [0.15, 0.2) is 0 Å². The number of rotatable bonds is 10. The van der Waals surface area contributed by atoms with Gasteiger partial charge >= 0.3 is 0 Å². The van der Waals surface area contributed by atoms with Crippen molar-refractivity contribution in [3.05, 3.63) is 35.9 Å². The first-order valence-corrected chi connectivity index (χ1v) is 8.25. The Morgan fingerprint density at radius 1 is 1.04 bits per heavy atom. The number of hydrogen-bond donors (Lipinski definition) is 3. The second-order valence-electron chi connectivity index (χ2n) is 5.84. The Morgan fingerprint density at radius 2 is 1.68 bits per heavy atom. The summed E-state index contributed by atoms with van der Waals surface area (Å²) < 4.78 is 0. The Labute approximate surface area is 147 Å². The molecule has 0 radical (unpaired) electrons. The fraction of sp³-hybridized carbons (Fsp3) is 0.444. The van der Waals surface area contributed by atoms with Crippen molar-refractivity contribution in [1.82, 2.24) is 10.6 Å². The third-order valence-electron chi connectivity index (χ3n) is 3.74. The number of ketones is 1. The molecule has 0 bridgehead atoms. The molecule has 0 unspecified atom stereocenters. The number of carbonyl (C=O) groups is 4. The van der Waals surface area contributed by atoms with E-state index in [0.29, 0.717) is 6.42 Å². The normalized spacial score (nSPS) is 12.7. The first-order valence-electron chi connectivity index (χ1n) is 8.25. The molecule has 2 atom stereocenters. The second-order valence-corrected chi connectivity index (χ2v) is 5.84. The van der Waals surface area contributed by atoms with Crippen molar-refractivity contribution in [2.24, 2.45) is 5.73 Å². The van der Waals surface area contributed by atoms with Crippen LogP contribution < -0.4 is 16.4 Å². The molecule has 1 aromatic rings. The fourth-order valence-electron chi connectivity index (χ4n) is 2.34. The maximum atomic E-state index is 12.5. The van der Waals surface area contributed by atoms with E-state index < -0.39 is 23.9 Å². The van der Waals surface area contributed by atoms with Gasteiger partial charge in [0.2, 0.25) is 17.7 Å². The zero-order chi connectivity index (χ0) is 18.8. The van der Waals surface area contributed by atoms with Crippen molar-refractivity contribution in [2.75, 3.05) is 0 Å². The van der Waals surface area contributed by atoms with Gasteiger partial charge in [0, 0.05) is 26.2 Å². The smallest absolute Gasteiger partial charge is 0.243 e. The highest BCUT2D eigenvalue weighted by Gasteiger charge is 2.25. The van der Waals surface area contributed by atoms with Crippen molar-refractivity contribution in [1.29, 1.82) is 0 Å². The average Bonchev–Trinajstić information content (AvgIpc) is 2.57. The zero-order valence-electron chi connectivity index (χ0n) is 14.6. The largest absolute Gasteiger partial charge is 0.368 e. The van der Waals surface area contributed by atoms with Crippen LogP contribution in [0.5, 0.6) is 0 Å². The molecule has 0 saturated carbocycles. The van der Waals surface area contributed by atoms with Crippen molar-refractivity contribution in [2.45, 2.75) is 51.6 Å². The number of Topliss-reactive ketones (excluding diaryl/α,β-unsaturated/α-hetero) is 1. The molecular formula is C18H25N3O4. The number of carbonyl (C=O) groups excluding carboxylic acids is 4. The molecule has 136 valence electrons. The van der Waals surface area contributed by atoms with Crippen molar-refractivity contribution >= 4 is 23.5 Å². The number of primary amides is 1. The number of nitrogens with two attached hydrogens (primary N) is 1. The highest BCUT2D eigenvalue weighted by Crippen LogP contribution is 2.06. The lowest BCUT2D eigenvalue weighted by Crippen LogP contribution is -2.53. The molecule has 7 heteroatoms. The fourth-order valence-corrected chi connectivity index (χ4v) is 2.34. The van der Waals surface area contributed by atoms with Gasteiger partial charge in [-0.25, -0.2) is 0 Å². The van der Waals surface area contributed by atoms with Crippen LogP contribution in [0.3, 0.4) is 0 Å². The van der Waals surface area contributed by atoms with E-state index in [0.717, 1.165) is 5.56 Å². The monoisotopic (exact) mass is 347 g/mol. The number of benzene rings is 1. The highest BCUT2D eigenvalue weighted by atomic mass is 16.2. The molecule has 4 N–H and O–H groups in total. The minimum atomic E-state index is -0.949. The summed E-state index contributed by atoms with van der Waals surface area (Å²) in [5.41, 5.74) is 6.18. The van der Waals surface area contributed by atoms with E-state index >= 15 is 0 Å². The lowest BCUT2D eigenvalue weighted by Gasteiger charge is -2.21. The quantitative estimate of drug-likeness (QED) is 0.570. The topological polar surface area (TPSA) is 118 Å². The number of nitrogens with one attached hydrogen (secondary N) is 2. The maximum Gasteiger partial charge on any atom is 0.243 e. The molecule has 0 heterocycles. The highest BCUT2D eigenvalue weighted by molar-refractivity contribution is 5.91. The summed E-state index contributed by atoms with van der Waals surface area (Å²) in [5, 5.41) is 5.12. The molecule has 7 nitrogen and oxygen atoms in total. The van der Waals surface area contributed by atoms with E-state index in [4.69, 9.17) is 5.73 Å². The minimum Gasteiger partial charge on any atom is -0.368 e. The minimum absolute atomic E-state index is 0.0109. The van der Waals surface area contributed by atoms with E-state index in [-0.39, 0.29) is 31.0 Å². The molecule has 0 spiro atoms. The van der Waals surface area contributed by atoms with Crippen LogP contribution in [-0.4, -0.2) is 35.6 Å². The lowest BCUT2D eigenvalue weighted by atomic mass is 10.0. The van der Waals surface area contributed by atoms with Crippen LogP contribution >= 0.6 is 0 Å². The van der Waals surface area contributed by atoms with Gasteiger partial charge in [-0.15, -0.1) is 0 Å². The summed E-state index contributed by atoms with van der Waals surface area (Å²) in [5.74, 6) is -1.58. The van der Waals surface area contributed by atoms with Crippen LogP contribution in [0.2, 0.25) is 0 Å². The van der Waals surface area contributed by atoms with E-state index in [9.17, 15) is 19.2 Å². The molecule has 0 aliphatic carbocycles. The Kier molecular flexibility index (Phi) is 8.32. The van der Waals surface area contributed by atoms with Gasteiger partial charge in [-0.05, 0) is 12.0 Å². The third kappa shape index (κ3) is 7.60. The van der Waals surface area contributed by atoms with Gasteiger partial charge in [0.1, 0.15) is 17.9 Å². The van der Waals surface area contributed by atoms with Crippen LogP contribution in [0.1, 0.15) is 38.7 Å². The first-order chi connectivity index (χ1) is 11.8. The predicted octanol–water partition coefficient (Wildman–Crippen LogP) is 0.463. The van der Waals surface area contributed by atoms with Gasteiger partial charge in [-0.1, -0.05) is 37.3 Å². The molecule has 1 rings (SSSR count). The van der Waals surface area contributed by atoms with Crippen LogP contribution in [0.4, 0.5) is 0 Å². The molecular weight excluding hydrogens is 322 g/mol. The summed E-state index contributed by atoms with van der Waals surface area (Å²) in [6, 6.07) is 7.42. The van der Waals surface area contributed by atoms with E-state index in [2.05, 4.69) is 10.6 Å². The molecule has 0 aliphatic rings. The van der Waals surface area contributed by atoms with Crippen molar-refractivity contribution in [3.63, 3.8) is 0 Å². The number of amides is 3. The summed E-state index contributed by atoms with van der Waals surface area (Å²) >= 11 is 0. The Hall–Kier alpha value is -2.70. The van der Waals surface area contributed by atoms with Crippen LogP contribution in [-0.2, 0) is 25.6 Å².